The summed E-state index contributed by atoms with van der Waals surface area (Å²) in [5.41, 5.74) is 1.86. The molecule has 3 heteroatoms. The second-order valence-electron chi connectivity index (χ2n) is 6.73. The molecule has 0 radical (unpaired) electrons. The molecule has 1 aliphatic carbocycles. The SMILES string of the molecule is CCC(C)c1ccc(C(=O)OC(CCC2CCCC2)OC)cc1. The molecule has 1 aliphatic rings. The molecule has 0 aromatic heterocycles. The largest absolute Gasteiger partial charge is 0.432 e. The summed E-state index contributed by atoms with van der Waals surface area (Å²) in [6.45, 7) is 4.36. The van der Waals surface area contributed by atoms with Gasteiger partial charge in [-0.3, -0.25) is 0 Å². The van der Waals surface area contributed by atoms with Crippen LogP contribution in [0.4, 0.5) is 0 Å². The van der Waals surface area contributed by atoms with Crippen molar-refractivity contribution in [3.8, 4) is 0 Å². The van der Waals surface area contributed by atoms with Gasteiger partial charge in [-0.05, 0) is 42.4 Å². The van der Waals surface area contributed by atoms with Gasteiger partial charge in [-0.2, -0.15) is 0 Å². The Kier molecular flexibility index (Phi) is 7.10. The predicted octanol–water partition coefficient (Wildman–Crippen LogP) is 5.30. The molecule has 0 aliphatic heterocycles. The molecule has 3 nitrogen and oxygen atoms in total. The Bertz CT molecular complexity index is 474. The number of carbonyl (C=O) groups excluding carboxylic acids is 1. The van der Waals surface area contributed by atoms with Crippen LogP contribution in [0.3, 0.4) is 0 Å². The zero-order valence-electron chi connectivity index (χ0n) is 14.7. The monoisotopic (exact) mass is 318 g/mol. The number of benzene rings is 1. The smallest absolute Gasteiger partial charge is 0.340 e. The molecular formula is C20H30O3. The third-order valence-corrected chi connectivity index (χ3v) is 5.11. The quantitative estimate of drug-likeness (QED) is 0.482. The maximum atomic E-state index is 12.3. The first-order chi connectivity index (χ1) is 11.1. The van der Waals surface area contributed by atoms with Crippen LogP contribution in [0.15, 0.2) is 24.3 Å². The van der Waals surface area contributed by atoms with Crippen molar-refractivity contribution < 1.29 is 14.3 Å². The number of hydrogen-bond donors (Lipinski definition) is 0. The van der Waals surface area contributed by atoms with E-state index in [2.05, 4.69) is 13.8 Å². The molecule has 23 heavy (non-hydrogen) atoms. The highest BCUT2D eigenvalue weighted by Gasteiger charge is 2.20. The summed E-state index contributed by atoms with van der Waals surface area (Å²) in [6.07, 6.45) is 7.82. The van der Waals surface area contributed by atoms with E-state index < -0.39 is 6.29 Å². The minimum absolute atomic E-state index is 0.293. The first-order valence-electron chi connectivity index (χ1n) is 8.97. The van der Waals surface area contributed by atoms with Crippen molar-refractivity contribution in [2.45, 2.75) is 71.0 Å². The minimum Gasteiger partial charge on any atom is -0.432 e. The van der Waals surface area contributed by atoms with E-state index in [1.807, 2.05) is 24.3 Å². The van der Waals surface area contributed by atoms with E-state index in [4.69, 9.17) is 9.47 Å². The molecular weight excluding hydrogens is 288 g/mol. The predicted molar refractivity (Wildman–Crippen MR) is 92.6 cm³/mol. The standard InChI is InChI=1S/C20H30O3/c1-4-15(2)17-10-12-18(13-11-17)20(21)23-19(22-3)14-9-16-7-5-6-8-16/h10-13,15-16,19H,4-9,14H2,1-3H3. The van der Waals surface area contributed by atoms with Crippen molar-refractivity contribution in [3.63, 3.8) is 0 Å². The fourth-order valence-electron chi connectivity index (χ4n) is 3.27. The first-order valence-corrected chi connectivity index (χ1v) is 8.97. The lowest BCUT2D eigenvalue weighted by molar-refractivity contribution is -0.0955. The van der Waals surface area contributed by atoms with E-state index in [9.17, 15) is 4.79 Å². The summed E-state index contributed by atoms with van der Waals surface area (Å²) in [7, 11) is 1.61. The minimum atomic E-state index is -0.433. The van der Waals surface area contributed by atoms with E-state index in [0.717, 1.165) is 25.2 Å². The summed E-state index contributed by atoms with van der Waals surface area (Å²) in [5.74, 6) is 0.998. The second kappa shape index (κ2) is 9.07. The number of rotatable bonds is 8. The van der Waals surface area contributed by atoms with Gasteiger partial charge < -0.3 is 9.47 Å². The fourth-order valence-corrected chi connectivity index (χ4v) is 3.27. The fraction of sp³-hybridized carbons (Fsp3) is 0.650. The zero-order valence-corrected chi connectivity index (χ0v) is 14.7. The van der Waals surface area contributed by atoms with Gasteiger partial charge in [0.15, 0.2) is 0 Å². The Morgan fingerprint density at radius 3 is 2.43 bits per heavy atom. The Hall–Kier alpha value is -1.35. The molecule has 128 valence electrons. The maximum absolute atomic E-state index is 12.3. The second-order valence-corrected chi connectivity index (χ2v) is 6.73. The zero-order chi connectivity index (χ0) is 16.7. The number of methoxy groups -OCH3 is 1. The molecule has 2 atom stereocenters. The Morgan fingerprint density at radius 1 is 1.22 bits per heavy atom. The summed E-state index contributed by atoms with van der Waals surface area (Å²) in [6, 6.07) is 7.75. The van der Waals surface area contributed by atoms with E-state index in [1.165, 1.54) is 31.2 Å². The summed E-state index contributed by atoms with van der Waals surface area (Å²) >= 11 is 0. The molecule has 0 bridgehead atoms. The van der Waals surface area contributed by atoms with Crippen molar-refractivity contribution >= 4 is 5.97 Å². The van der Waals surface area contributed by atoms with E-state index >= 15 is 0 Å². The van der Waals surface area contributed by atoms with Crippen LogP contribution in [0.1, 0.15) is 80.6 Å². The normalized spacial score (nSPS) is 17.9. The molecule has 1 fully saturated rings. The number of esters is 1. The third kappa shape index (κ3) is 5.35. The van der Waals surface area contributed by atoms with Crippen molar-refractivity contribution in [3.05, 3.63) is 35.4 Å². The van der Waals surface area contributed by atoms with Crippen LogP contribution in [-0.2, 0) is 9.47 Å². The number of ether oxygens (including phenoxy) is 2. The Labute approximate surface area is 140 Å². The van der Waals surface area contributed by atoms with Crippen molar-refractivity contribution in [1.82, 2.24) is 0 Å². The molecule has 2 rings (SSSR count). The summed E-state index contributed by atoms with van der Waals surface area (Å²) in [4.78, 5) is 12.3. The van der Waals surface area contributed by atoms with Gasteiger partial charge >= 0.3 is 5.97 Å². The molecule has 0 amide bonds. The highest BCUT2D eigenvalue weighted by molar-refractivity contribution is 5.89. The van der Waals surface area contributed by atoms with Crippen molar-refractivity contribution in [2.75, 3.05) is 7.11 Å². The number of hydrogen-bond acceptors (Lipinski definition) is 3. The van der Waals surface area contributed by atoms with Crippen LogP contribution in [-0.4, -0.2) is 19.4 Å². The highest BCUT2D eigenvalue weighted by atomic mass is 16.7. The van der Waals surface area contributed by atoms with Crippen LogP contribution in [0, 0.1) is 5.92 Å². The number of carbonyl (C=O) groups is 1. The molecule has 1 aromatic rings. The van der Waals surface area contributed by atoms with Crippen LogP contribution in [0.2, 0.25) is 0 Å². The van der Waals surface area contributed by atoms with Gasteiger partial charge in [-0.1, -0.05) is 51.7 Å². The summed E-state index contributed by atoms with van der Waals surface area (Å²) in [5, 5.41) is 0. The van der Waals surface area contributed by atoms with Gasteiger partial charge in [-0.25, -0.2) is 4.79 Å². The van der Waals surface area contributed by atoms with Gasteiger partial charge in [0.2, 0.25) is 6.29 Å². The molecule has 0 N–H and O–H groups in total. The highest BCUT2D eigenvalue weighted by Crippen LogP contribution is 2.29. The van der Waals surface area contributed by atoms with E-state index in [-0.39, 0.29) is 5.97 Å². The molecule has 1 aromatic carbocycles. The van der Waals surface area contributed by atoms with E-state index in [0.29, 0.717) is 11.5 Å². The first kappa shape index (κ1) is 18.0. The van der Waals surface area contributed by atoms with Crippen LogP contribution in [0.5, 0.6) is 0 Å². The molecule has 0 saturated heterocycles. The topological polar surface area (TPSA) is 35.5 Å². The lowest BCUT2D eigenvalue weighted by atomic mass is 9.98. The van der Waals surface area contributed by atoms with Gasteiger partial charge in [-0.15, -0.1) is 0 Å². The third-order valence-electron chi connectivity index (χ3n) is 5.11. The van der Waals surface area contributed by atoms with E-state index in [1.54, 1.807) is 7.11 Å². The van der Waals surface area contributed by atoms with Gasteiger partial charge in [0.25, 0.3) is 0 Å². The van der Waals surface area contributed by atoms with Crippen molar-refractivity contribution in [1.29, 1.82) is 0 Å². The Morgan fingerprint density at radius 2 is 1.87 bits per heavy atom. The van der Waals surface area contributed by atoms with Crippen LogP contribution in [0.25, 0.3) is 0 Å². The molecule has 1 saturated carbocycles. The lowest BCUT2D eigenvalue weighted by Crippen LogP contribution is -2.21. The van der Waals surface area contributed by atoms with Gasteiger partial charge in [0, 0.05) is 13.5 Å². The average Bonchev–Trinajstić information content (AvgIpc) is 3.11. The average molecular weight is 318 g/mol. The van der Waals surface area contributed by atoms with Gasteiger partial charge in [0.05, 0.1) is 5.56 Å². The molecule has 2 unspecified atom stereocenters. The molecule has 0 spiro atoms. The lowest BCUT2D eigenvalue weighted by Gasteiger charge is -2.18. The van der Waals surface area contributed by atoms with Crippen LogP contribution < -0.4 is 0 Å². The summed E-state index contributed by atoms with van der Waals surface area (Å²) < 4.78 is 10.8. The van der Waals surface area contributed by atoms with Crippen molar-refractivity contribution in [2.24, 2.45) is 5.92 Å². The van der Waals surface area contributed by atoms with Crippen LogP contribution >= 0.6 is 0 Å². The molecule has 0 heterocycles. The maximum Gasteiger partial charge on any atom is 0.340 e. The van der Waals surface area contributed by atoms with Gasteiger partial charge in [0.1, 0.15) is 0 Å². The Balaban J connectivity index is 1.85.